The van der Waals surface area contributed by atoms with Gasteiger partial charge in [0.15, 0.2) is 0 Å². The molecule has 1 aromatic rings. The maximum atomic E-state index is 12.7. The van der Waals surface area contributed by atoms with Crippen molar-refractivity contribution in [3.8, 4) is 5.75 Å². The second kappa shape index (κ2) is 7.77. The van der Waals surface area contributed by atoms with Gasteiger partial charge >= 0.3 is 17.8 Å². The van der Waals surface area contributed by atoms with Crippen LogP contribution >= 0.6 is 0 Å². The third-order valence-electron chi connectivity index (χ3n) is 5.14. The van der Waals surface area contributed by atoms with E-state index in [0.717, 1.165) is 29.1 Å². The Hall–Kier alpha value is -2.90. The molecular formula is C19H23N3O5. The summed E-state index contributed by atoms with van der Waals surface area (Å²) in [5.41, 5.74) is 0.475. The summed E-state index contributed by atoms with van der Waals surface area (Å²) in [7, 11) is 1.51. The van der Waals surface area contributed by atoms with E-state index in [-0.39, 0.29) is 12.0 Å². The average molecular weight is 373 g/mol. The molecule has 0 aromatic heterocycles. The van der Waals surface area contributed by atoms with Crippen molar-refractivity contribution < 1.29 is 23.9 Å². The summed E-state index contributed by atoms with van der Waals surface area (Å²) in [6.45, 7) is 1.48. The van der Waals surface area contributed by atoms with Crippen LogP contribution in [-0.2, 0) is 14.4 Å². The molecule has 1 N–H and O–H groups in total. The Labute approximate surface area is 157 Å². The van der Waals surface area contributed by atoms with Gasteiger partial charge in [-0.2, -0.15) is 0 Å². The molecule has 0 unspecified atom stereocenters. The second-order valence-corrected chi connectivity index (χ2v) is 6.96. The van der Waals surface area contributed by atoms with Gasteiger partial charge in [0.25, 0.3) is 0 Å². The Morgan fingerprint density at radius 3 is 2.63 bits per heavy atom. The summed E-state index contributed by atoms with van der Waals surface area (Å²) in [5.74, 6) is -1.64. The molecule has 2 fully saturated rings. The average Bonchev–Trinajstić information content (AvgIpc) is 2.86. The molecule has 2 aliphatic rings. The van der Waals surface area contributed by atoms with Gasteiger partial charge < -0.3 is 10.1 Å². The van der Waals surface area contributed by atoms with E-state index in [1.807, 2.05) is 6.92 Å². The molecule has 27 heavy (non-hydrogen) atoms. The number of carbonyl (C=O) groups is 4. The summed E-state index contributed by atoms with van der Waals surface area (Å²) < 4.78 is 5.09. The van der Waals surface area contributed by atoms with Gasteiger partial charge in [0.2, 0.25) is 5.91 Å². The Morgan fingerprint density at radius 1 is 1.19 bits per heavy atom. The summed E-state index contributed by atoms with van der Waals surface area (Å²) in [4.78, 5) is 51.4. The fraction of sp³-hybridized carbons (Fsp3) is 0.474. The number of ether oxygens (including phenoxy) is 1. The molecule has 5 amide bonds. The smallest absolute Gasteiger partial charge is 0.334 e. The van der Waals surface area contributed by atoms with Gasteiger partial charge in [-0.3, -0.25) is 19.3 Å². The first-order chi connectivity index (χ1) is 12.9. The molecule has 0 spiro atoms. The molecule has 1 saturated heterocycles. The van der Waals surface area contributed by atoms with Crippen LogP contribution in [0.3, 0.4) is 0 Å². The van der Waals surface area contributed by atoms with Crippen LogP contribution in [0.2, 0.25) is 0 Å². The normalized spacial score (nSPS) is 23.0. The molecule has 1 aliphatic carbocycles. The van der Waals surface area contributed by atoms with Crippen molar-refractivity contribution in [2.45, 2.75) is 38.6 Å². The van der Waals surface area contributed by atoms with Crippen molar-refractivity contribution in [1.29, 1.82) is 0 Å². The van der Waals surface area contributed by atoms with Crippen LogP contribution in [0.1, 0.15) is 32.6 Å². The zero-order valence-corrected chi connectivity index (χ0v) is 15.4. The zero-order chi connectivity index (χ0) is 19.6. The van der Waals surface area contributed by atoms with E-state index in [1.54, 1.807) is 24.3 Å². The third-order valence-corrected chi connectivity index (χ3v) is 5.14. The number of hydrogen-bond acceptors (Lipinski definition) is 5. The molecule has 8 nitrogen and oxygen atoms in total. The van der Waals surface area contributed by atoms with E-state index in [4.69, 9.17) is 4.74 Å². The van der Waals surface area contributed by atoms with Crippen molar-refractivity contribution in [2.24, 2.45) is 5.92 Å². The van der Waals surface area contributed by atoms with Crippen LogP contribution in [-0.4, -0.2) is 53.2 Å². The number of nitrogens with zero attached hydrogens (tertiary/aromatic N) is 2. The van der Waals surface area contributed by atoms with Gasteiger partial charge in [-0.25, -0.2) is 9.69 Å². The Kier molecular flexibility index (Phi) is 5.43. The first-order valence-electron chi connectivity index (χ1n) is 9.05. The number of imide groups is 2. The highest BCUT2D eigenvalue weighted by molar-refractivity contribution is 6.45. The monoisotopic (exact) mass is 373 g/mol. The molecule has 144 valence electrons. The van der Waals surface area contributed by atoms with Gasteiger partial charge in [0.1, 0.15) is 12.3 Å². The highest BCUT2D eigenvalue weighted by Gasteiger charge is 2.49. The summed E-state index contributed by atoms with van der Waals surface area (Å²) >= 11 is 0. The van der Waals surface area contributed by atoms with Gasteiger partial charge in [-0.15, -0.1) is 0 Å². The zero-order valence-electron chi connectivity index (χ0n) is 15.4. The van der Waals surface area contributed by atoms with Gasteiger partial charge in [-0.05, 0) is 30.9 Å². The molecule has 8 heteroatoms. The standard InChI is InChI=1S/C19H23N3O5/c1-12-6-3-4-9-15(12)22-18(25)17(24)21(19(22)26)11-16(23)20-13-7-5-8-14(10-13)27-2/h5,7-8,10,12,15H,3-4,6,9,11H2,1-2H3,(H,20,23)/t12-,15+/m1/s1. The highest BCUT2D eigenvalue weighted by atomic mass is 16.5. The first-order valence-corrected chi connectivity index (χ1v) is 9.05. The number of urea groups is 1. The molecule has 1 aromatic carbocycles. The molecule has 0 bridgehead atoms. The van der Waals surface area contributed by atoms with Crippen LogP contribution in [0.15, 0.2) is 24.3 Å². The minimum Gasteiger partial charge on any atom is -0.497 e. The lowest BCUT2D eigenvalue weighted by Gasteiger charge is -2.34. The Balaban J connectivity index is 1.69. The highest BCUT2D eigenvalue weighted by Crippen LogP contribution is 2.31. The number of rotatable bonds is 5. The maximum absolute atomic E-state index is 12.7. The lowest BCUT2D eigenvalue weighted by Crippen LogP contribution is -2.46. The van der Waals surface area contributed by atoms with Crippen LogP contribution in [0, 0.1) is 5.92 Å². The SMILES string of the molecule is COc1cccc(NC(=O)CN2C(=O)C(=O)N([C@H]3CCCC[C@H]3C)C2=O)c1. The van der Waals surface area contributed by atoms with Crippen LogP contribution in [0.5, 0.6) is 5.75 Å². The van der Waals surface area contributed by atoms with Gasteiger partial charge in [0, 0.05) is 17.8 Å². The number of methoxy groups -OCH3 is 1. The Morgan fingerprint density at radius 2 is 1.93 bits per heavy atom. The first kappa shape index (κ1) is 18.9. The topological polar surface area (TPSA) is 96.0 Å². The second-order valence-electron chi connectivity index (χ2n) is 6.96. The molecule has 2 atom stereocenters. The summed E-state index contributed by atoms with van der Waals surface area (Å²) in [5, 5.41) is 2.61. The predicted octanol–water partition coefficient (Wildman–Crippen LogP) is 2.00. The fourth-order valence-corrected chi connectivity index (χ4v) is 3.68. The third kappa shape index (κ3) is 3.79. The maximum Gasteiger partial charge on any atom is 0.334 e. The largest absolute Gasteiger partial charge is 0.497 e. The van der Waals surface area contributed by atoms with E-state index < -0.39 is 30.3 Å². The molecule has 1 heterocycles. The minimum atomic E-state index is -0.946. The van der Waals surface area contributed by atoms with Crippen molar-refractivity contribution in [1.82, 2.24) is 9.80 Å². The van der Waals surface area contributed by atoms with Crippen LogP contribution < -0.4 is 10.1 Å². The number of nitrogens with one attached hydrogen (secondary N) is 1. The number of carbonyl (C=O) groups excluding carboxylic acids is 4. The molecule has 1 saturated carbocycles. The van der Waals surface area contributed by atoms with Crippen molar-refractivity contribution in [3.63, 3.8) is 0 Å². The predicted molar refractivity (Wildman–Crippen MR) is 97.0 cm³/mol. The van der Waals surface area contributed by atoms with Crippen LogP contribution in [0.25, 0.3) is 0 Å². The number of hydrogen-bond donors (Lipinski definition) is 1. The molecular weight excluding hydrogens is 350 g/mol. The summed E-state index contributed by atoms with van der Waals surface area (Å²) in [6.07, 6.45) is 3.56. The van der Waals surface area contributed by atoms with E-state index in [1.165, 1.54) is 7.11 Å². The number of amides is 5. The number of benzene rings is 1. The van der Waals surface area contributed by atoms with Crippen LogP contribution in [0.4, 0.5) is 10.5 Å². The molecule has 1 aliphatic heterocycles. The van der Waals surface area contributed by atoms with Gasteiger partial charge in [-0.1, -0.05) is 25.8 Å². The summed E-state index contributed by atoms with van der Waals surface area (Å²) in [6, 6.07) is 5.72. The van der Waals surface area contributed by atoms with Gasteiger partial charge in [0.05, 0.1) is 7.11 Å². The van der Waals surface area contributed by atoms with Crippen molar-refractivity contribution in [3.05, 3.63) is 24.3 Å². The van der Waals surface area contributed by atoms with E-state index in [0.29, 0.717) is 17.9 Å². The van der Waals surface area contributed by atoms with Crippen molar-refractivity contribution in [2.75, 3.05) is 19.0 Å². The quantitative estimate of drug-likeness (QED) is 0.629. The van der Waals surface area contributed by atoms with Crippen molar-refractivity contribution >= 4 is 29.4 Å². The number of anilines is 1. The minimum absolute atomic E-state index is 0.144. The lowest BCUT2D eigenvalue weighted by molar-refractivity contribution is -0.145. The van der Waals surface area contributed by atoms with E-state index in [9.17, 15) is 19.2 Å². The van der Waals surface area contributed by atoms with E-state index >= 15 is 0 Å². The fourth-order valence-electron chi connectivity index (χ4n) is 3.68. The Bertz CT molecular complexity index is 778. The molecule has 3 rings (SSSR count). The lowest BCUT2D eigenvalue weighted by atomic mass is 9.85. The van der Waals surface area contributed by atoms with E-state index in [2.05, 4.69) is 5.32 Å². The molecule has 0 radical (unpaired) electrons.